The minimum atomic E-state index is -0.767. The van der Waals surface area contributed by atoms with E-state index in [0.29, 0.717) is 28.7 Å². The van der Waals surface area contributed by atoms with Gasteiger partial charge in [-0.15, -0.1) is 0 Å². The van der Waals surface area contributed by atoms with Crippen LogP contribution in [0.5, 0.6) is 5.75 Å². The van der Waals surface area contributed by atoms with Gasteiger partial charge in [0.1, 0.15) is 17.9 Å². The first-order valence-corrected chi connectivity index (χ1v) is 11.9. The number of carbonyl (C=O) groups excluding carboxylic acids is 2. The number of ether oxygens (including phenoxy) is 1. The van der Waals surface area contributed by atoms with Gasteiger partial charge < -0.3 is 14.2 Å². The molecule has 0 atom stereocenters. The Morgan fingerprint density at radius 2 is 1.71 bits per heavy atom. The van der Waals surface area contributed by atoms with Crippen LogP contribution < -0.4 is 10.2 Å². The van der Waals surface area contributed by atoms with Gasteiger partial charge in [0, 0.05) is 46.0 Å². The molecular formula is C25H26Cl2N4O4. The van der Waals surface area contributed by atoms with Gasteiger partial charge in [-0.2, -0.15) is 0 Å². The number of nitrogens with zero attached hydrogens (tertiary/aromatic N) is 3. The van der Waals surface area contributed by atoms with Crippen LogP contribution >= 0.6 is 23.2 Å². The molecule has 1 aliphatic heterocycles. The normalized spacial score (nSPS) is 14.1. The Kier molecular flexibility index (Phi) is 7.97. The fourth-order valence-corrected chi connectivity index (χ4v) is 4.43. The van der Waals surface area contributed by atoms with Gasteiger partial charge in [-0.1, -0.05) is 59.6 Å². The molecule has 0 bridgehead atoms. The number of aryl methyl sites for hydroxylation is 1. The highest BCUT2D eigenvalue weighted by Gasteiger charge is 2.30. The van der Waals surface area contributed by atoms with Crippen molar-refractivity contribution < 1.29 is 19.5 Å². The van der Waals surface area contributed by atoms with Gasteiger partial charge in [-0.3, -0.25) is 19.7 Å². The van der Waals surface area contributed by atoms with Crippen molar-refractivity contribution in [2.24, 2.45) is 7.05 Å². The van der Waals surface area contributed by atoms with Crippen LogP contribution in [0.25, 0.3) is 0 Å². The number of piperazine rings is 1. The SMILES string of the molecule is Cn1cc(C(=O)NO)c(OCc2ccc(Cl)c(Cl)c2)c1C(=O)N1CCN(Cc2ccccc2)CC1. The number of carbonyl (C=O) groups is 2. The highest BCUT2D eigenvalue weighted by Crippen LogP contribution is 2.30. The summed E-state index contributed by atoms with van der Waals surface area (Å²) in [4.78, 5) is 29.9. The van der Waals surface area contributed by atoms with Crippen LogP contribution in [0.15, 0.2) is 54.7 Å². The molecule has 1 aliphatic rings. The molecule has 8 nitrogen and oxygen atoms in total. The lowest BCUT2D eigenvalue weighted by molar-refractivity contribution is 0.0614. The van der Waals surface area contributed by atoms with E-state index in [2.05, 4.69) is 17.0 Å². The maximum absolute atomic E-state index is 13.5. The summed E-state index contributed by atoms with van der Waals surface area (Å²) in [6, 6.07) is 15.3. The summed E-state index contributed by atoms with van der Waals surface area (Å²) >= 11 is 12.1. The van der Waals surface area contributed by atoms with Crippen LogP contribution in [0, 0.1) is 0 Å². The molecule has 0 radical (unpaired) electrons. The number of benzene rings is 2. The number of nitrogens with one attached hydrogen (secondary N) is 1. The molecule has 2 heterocycles. The molecule has 0 aliphatic carbocycles. The molecule has 2 amide bonds. The zero-order valence-corrected chi connectivity index (χ0v) is 20.7. The largest absolute Gasteiger partial charge is 0.486 e. The van der Waals surface area contributed by atoms with Crippen LogP contribution in [0.1, 0.15) is 32.0 Å². The van der Waals surface area contributed by atoms with Crippen molar-refractivity contribution in [2.75, 3.05) is 26.2 Å². The van der Waals surface area contributed by atoms with E-state index < -0.39 is 5.91 Å². The third kappa shape index (κ3) is 5.79. The molecule has 3 aromatic rings. The lowest BCUT2D eigenvalue weighted by Gasteiger charge is -2.35. The van der Waals surface area contributed by atoms with E-state index in [4.69, 9.17) is 27.9 Å². The van der Waals surface area contributed by atoms with Crippen molar-refractivity contribution in [3.8, 4) is 5.75 Å². The zero-order valence-electron chi connectivity index (χ0n) is 19.2. The molecule has 2 aromatic carbocycles. The summed E-state index contributed by atoms with van der Waals surface area (Å²) in [5.41, 5.74) is 3.86. The van der Waals surface area contributed by atoms with Crippen LogP contribution in [-0.2, 0) is 20.2 Å². The standard InChI is InChI=1S/C25H26Cl2N4O4/c1-29-15-19(24(32)28-34)23(35-16-18-7-8-20(26)21(27)13-18)22(29)25(33)31-11-9-30(10-12-31)14-17-5-3-2-4-6-17/h2-8,13,15,34H,9-12,14,16H2,1H3,(H,28,32). The number of aromatic nitrogens is 1. The van der Waals surface area contributed by atoms with Crippen LogP contribution in [0.2, 0.25) is 10.0 Å². The van der Waals surface area contributed by atoms with Crippen molar-refractivity contribution in [1.82, 2.24) is 19.8 Å². The number of amides is 2. The summed E-state index contributed by atoms with van der Waals surface area (Å²) < 4.78 is 7.50. The highest BCUT2D eigenvalue weighted by molar-refractivity contribution is 6.42. The Bertz CT molecular complexity index is 1210. The number of hydrogen-bond donors (Lipinski definition) is 2. The fraction of sp³-hybridized carbons (Fsp3) is 0.280. The van der Waals surface area contributed by atoms with Crippen LogP contribution in [0.4, 0.5) is 0 Å². The smallest absolute Gasteiger partial charge is 0.279 e. The zero-order chi connectivity index (χ0) is 24.9. The van der Waals surface area contributed by atoms with Gasteiger partial charge in [0.05, 0.1) is 10.0 Å². The average Bonchev–Trinajstić information content (AvgIpc) is 3.20. The summed E-state index contributed by atoms with van der Waals surface area (Å²) in [7, 11) is 1.67. The second-order valence-corrected chi connectivity index (χ2v) is 9.18. The van der Waals surface area contributed by atoms with Crippen molar-refractivity contribution in [2.45, 2.75) is 13.2 Å². The van der Waals surface area contributed by atoms with E-state index >= 15 is 0 Å². The minimum absolute atomic E-state index is 0.0533. The first-order chi connectivity index (χ1) is 16.9. The maximum Gasteiger partial charge on any atom is 0.279 e. The molecule has 184 valence electrons. The van der Waals surface area contributed by atoms with E-state index in [-0.39, 0.29) is 29.5 Å². The second-order valence-electron chi connectivity index (χ2n) is 8.36. The summed E-state index contributed by atoms with van der Waals surface area (Å²) in [5, 5.41) is 9.99. The first kappa shape index (κ1) is 25.1. The molecule has 2 N–H and O–H groups in total. The van der Waals surface area contributed by atoms with E-state index in [9.17, 15) is 14.8 Å². The maximum atomic E-state index is 13.5. The number of rotatable bonds is 7. The monoisotopic (exact) mass is 516 g/mol. The molecule has 10 heteroatoms. The summed E-state index contributed by atoms with van der Waals surface area (Å²) in [6.45, 7) is 3.43. The number of hydroxylamine groups is 1. The van der Waals surface area contributed by atoms with Crippen molar-refractivity contribution in [1.29, 1.82) is 0 Å². The molecule has 0 unspecified atom stereocenters. The van der Waals surface area contributed by atoms with Crippen molar-refractivity contribution >= 4 is 35.0 Å². The van der Waals surface area contributed by atoms with Crippen LogP contribution in [-0.4, -0.2) is 57.6 Å². The van der Waals surface area contributed by atoms with Crippen molar-refractivity contribution in [3.63, 3.8) is 0 Å². The third-order valence-corrected chi connectivity index (χ3v) is 6.70. The number of hydrogen-bond acceptors (Lipinski definition) is 5. The van der Waals surface area contributed by atoms with E-state index in [1.807, 2.05) is 18.2 Å². The van der Waals surface area contributed by atoms with Gasteiger partial charge in [-0.25, -0.2) is 5.48 Å². The van der Waals surface area contributed by atoms with Gasteiger partial charge in [0.15, 0.2) is 5.75 Å². The lowest BCUT2D eigenvalue weighted by Crippen LogP contribution is -2.48. The fourth-order valence-electron chi connectivity index (χ4n) is 4.11. The summed E-state index contributed by atoms with van der Waals surface area (Å²) in [5.74, 6) is -0.911. The Balaban J connectivity index is 1.51. The van der Waals surface area contributed by atoms with E-state index in [1.54, 1.807) is 40.2 Å². The van der Waals surface area contributed by atoms with Gasteiger partial charge in [0.2, 0.25) is 0 Å². The number of halogens is 2. The van der Waals surface area contributed by atoms with Crippen LogP contribution in [0.3, 0.4) is 0 Å². The Morgan fingerprint density at radius 3 is 2.37 bits per heavy atom. The molecule has 0 spiro atoms. The Hall–Kier alpha value is -3.04. The molecule has 4 rings (SSSR count). The first-order valence-electron chi connectivity index (χ1n) is 11.1. The van der Waals surface area contributed by atoms with Gasteiger partial charge in [0.25, 0.3) is 11.8 Å². The third-order valence-electron chi connectivity index (χ3n) is 5.96. The molecule has 0 saturated carbocycles. The van der Waals surface area contributed by atoms with Gasteiger partial charge >= 0.3 is 0 Å². The molecule has 1 saturated heterocycles. The molecule has 1 aromatic heterocycles. The second kappa shape index (κ2) is 11.1. The average molecular weight is 517 g/mol. The predicted molar refractivity (Wildman–Crippen MR) is 133 cm³/mol. The quantitative estimate of drug-likeness (QED) is 0.366. The van der Waals surface area contributed by atoms with Gasteiger partial charge in [-0.05, 0) is 23.3 Å². The Labute approximate surface area is 213 Å². The molecule has 35 heavy (non-hydrogen) atoms. The molecular weight excluding hydrogens is 491 g/mol. The predicted octanol–water partition coefficient (Wildman–Crippen LogP) is 3.99. The highest BCUT2D eigenvalue weighted by atomic mass is 35.5. The van der Waals surface area contributed by atoms with E-state index in [0.717, 1.165) is 19.6 Å². The summed E-state index contributed by atoms with van der Waals surface area (Å²) in [6.07, 6.45) is 1.47. The molecule has 1 fully saturated rings. The topological polar surface area (TPSA) is 87.0 Å². The van der Waals surface area contributed by atoms with Crippen molar-refractivity contribution in [3.05, 3.63) is 87.2 Å². The minimum Gasteiger partial charge on any atom is -0.486 e. The van der Waals surface area contributed by atoms with E-state index in [1.165, 1.54) is 11.8 Å². The Morgan fingerprint density at radius 1 is 1.00 bits per heavy atom. The lowest BCUT2D eigenvalue weighted by atomic mass is 10.2.